The Bertz CT molecular complexity index is 409. The van der Waals surface area contributed by atoms with Crippen LogP contribution in [0.3, 0.4) is 0 Å². The highest BCUT2D eigenvalue weighted by Crippen LogP contribution is 2.37. The Hall–Kier alpha value is -1.36. The lowest BCUT2D eigenvalue weighted by atomic mass is 9.94. The summed E-state index contributed by atoms with van der Waals surface area (Å²) in [5.41, 5.74) is -0.559. The largest absolute Gasteiger partial charge is 0.367 e. The van der Waals surface area contributed by atoms with Crippen molar-refractivity contribution in [3.05, 3.63) is 18.2 Å². The molecule has 1 atom stereocenters. The number of amides is 1. The molecule has 1 fully saturated rings. The molecule has 1 saturated heterocycles. The molecular formula is C12H19N3O2. The molecule has 17 heavy (non-hydrogen) atoms. The summed E-state index contributed by atoms with van der Waals surface area (Å²) in [6.07, 6.45) is 4.00. The smallest absolute Gasteiger partial charge is 0.287 e. The van der Waals surface area contributed by atoms with E-state index in [9.17, 15) is 4.79 Å². The normalized spacial score (nSPS) is 25.8. The van der Waals surface area contributed by atoms with E-state index in [-0.39, 0.29) is 23.2 Å². The quantitative estimate of drug-likeness (QED) is 0.818. The minimum atomic E-state index is -0.355. The molecule has 0 aliphatic carbocycles. The second kappa shape index (κ2) is 3.84. The molecule has 5 nitrogen and oxygen atoms in total. The first-order chi connectivity index (χ1) is 7.80. The van der Waals surface area contributed by atoms with Gasteiger partial charge in [0, 0.05) is 12.4 Å². The van der Waals surface area contributed by atoms with Crippen molar-refractivity contribution < 1.29 is 9.53 Å². The predicted octanol–water partition coefficient (Wildman–Crippen LogP) is 1.49. The van der Waals surface area contributed by atoms with Gasteiger partial charge >= 0.3 is 0 Å². The third kappa shape index (κ3) is 2.49. The zero-order valence-corrected chi connectivity index (χ0v) is 10.7. The summed E-state index contributed by atoms with van der Waals surface area (Å²) >= 11 is 0. The van der Waals surface area contributed by atoms with Crippen molar-refractivity contribution in [1.29, 1.82) is 0 Å². The Balaban J connectivity index is 2.07. The summed E-state index contributed by atoms with van der Waals surface area (Å²) in [4.78, 5) is 18.6. The summed E-state index contributed by atoms with van der Waals surface area (Å²) in [7, 11) is 0. The Labute approximate surface area is 101 Å². The SMILES string of the molecule is CC1(C)CC(NC(=O)c2ncc[nH]2)C(C)(C)O1. The number of carbonyl (C=O) groups is 1. The van der Waals surface area contributed by atoms with Gasteiger partial charge in [0.15, 0.2) is 5.82 Å². The number of ether oxygens (including phenoxy) is 1. The molecule has 0 radical (unpaired) electrons. The fraction of sp³-hybridized carbons (Fsp3) is 0.667. The molecule has 2 rings (SSSR count). The molecular weight excluding hydrogens is 218 g/mol. The molecule has 1 unspecified atom stereocenters. The van der Waals surface area contributed by atoms with Crippen molar-refractivity contribution in [2.45, 2.75) is 51.4 Å². The number of hydrogen-bond acceptors (Lipinski definition) is 3. The van der Waals surface area contributed by atoms with Crippen molar-refractivity contribution in [2.75, 3.05) is 0 Å². The van der Waals surface area contributed by atoms with E-state index in [4.69, 9.17) is 4.74 Å². The van der Waals surface area contributed by atoms with Crippen molar-refractivity contribution in [3.63, 3.8) is 0 Å². The van der Waals surface area contributed by atoms with Crippen LogP contribution in [0.5, 0.6) is 0 Å². The van der Waals surface area contributed by atoms with Gasteiger partial charge in [0.05, 0.1) is 17.2 Å². The molecule has 1 aromatic rings. The number of hydrogen-bond donors (Lipinski definition) is 2. The van der Waals surface area contributed by atoms with Crippen LogP contribution in [0.1, 0.15) is 44.7 Å². The summed E-state index contributed by atoms with van der Waals surface area (Å²) in [5, 5.41) is 2.97. The first-order valence-corrected chi connectivity index (χ1v) is 5.81. The number of nitrogens with one attached hydrogen (secondary N) is 2. The van der Waals surface area contributed by atoms with Gasteiger partial charge in [-0.15, -0.1) is 0 Å². The topological polar surface area (TPSA) is 67.0 Å². The Morgan fingerprint density at radius 2 is 2.24 bits per heavy atom. The molecule has 1 amide bonds. The molecule has 0 aromatic carbocycles. The van der Waals surface area contributed by atoms with E-state index in [2.05, 4.69) is 15.3 Å². The molecule has 2 N–H and O–H groups in total. The molecule has 2 heterocycles. The highest BCUT2D eigenvalue weighted by Gasteiger charge is 2.46. The van der Waals surface area contributed by atoms with Crippen LogP contribution in [0.25, 0.3) is 0 Å². The van der Waals surface area contributed by atoms with E-state index in [1.54, 1.807) is 12.4 Å². The Morgan fingerprint density at radius 1 is 1.53 bits per heavy atom. The average Bonchev–Trinajstić information content (AvgIpc) is 2.72. The lowest BCUT2D eigenvalue weighted by Crippen LogP contribution is -2.46. The van der Waals surface area contributed by atoms with Crippen molar-refractivity contribution in [2.24, 2.45) is 0 Å². The lowest BCUT2D eigenvalue weighted by molar-refractivity contribution is -0.0693. The van der Waals surface area contributed by atoms with Crippen LogP contribution in [0.4, 0.5) is 0 Å². The molecule has 1 aliphatic rings. The predicted molar refractivity (Wildman–Crippen MR) is 63.7 cm³/mol. The van der Waals surface area contributed by atoms with Crippen LogP contribution in [-0.4, -0.2) is 33.1 Å². The van der Waals surface area contributed by atoms with Gasteiger partial charge in [0.1, 0.15) is 0 Å². The Morgan fingerprint density at radius 3 is 2.71 bits per heavy atom. The third-order valence-corrected chi connectivity index (χ3v) is 3.09. The maximum atomic E-state index is 11.9. The van der Waals surface area contributed by atoms with Gasteiger partial charge in [-0.05, 0) is 34.1 Å². The number of carbonyl (C=O) groups excluding carboxylic acids is 1. The van der Waals surface area contributed by atoms with E-state index in [0.717, 1.165) is 6.42 Å². The first kappa shape index (κ1) is 12.1. The van der Waals surface area contributed by atoms with E-state index in [0.29, 0.717) is 5.82 Å². The number of rotatable bonds is 2. The lowest BCUT2D eigenvalue weighted by Gasteiger charge is -2.27. The fourth-order valence-electron chi connectivity index (χ4n) is 2.40. The number of aromatic amines is 1. The first-order valence-electron chi connectivity index (χ1n) is 5.81. The van der Waals surface area contributed by atoms with Gasteiger partial charge in [-0.3, -0.25) is 4.79 Å². The average molecular weight is 237 g/mol. The summed E-state index contributed by atoms with van der Waals surface area (Å²) in [6.45, 7) is 8.06. The van der Waals surface area contributed by atoms with Gasteiger partial charge < -0.3 is 15.0 Å². The van der Waals surface area contributed by atoms with Crippen molar-refractivity contribution in [1.82, 2.24) is 15.3 Å². The minimum Gasteiger partial charge on any atom is -0.367 e. The van der Waals surface area contributed by atoms with Gasteiger partial charge in [-0.25, -0.2) is 4.98 Å². The maximum Gasteiger partial charge on any atom is 0.287 e. The van der Waals surface area contributed by atoms with Gasteiger partial charge in [0.25, 0.3) is 5.91 Å². The van der Waals surface area contributed by atoms with Crippen molar-refractivity contribution in [3.8, 4) is 0 Å². The van der Waals surface area contributed by atoms with E-state index < -0.39 is 0 Å². The van der Waals surface area contributed by atoms with Crippen LogP contribution in [0, 0.1) is 0 Å². The second-order valence-corrected chi connectivity index (χ2v) is 5.63. The van der Waals surface area contributed by atoms with Crippen LogP contribution in [-0.2, 0) is 4.74 Å². The summed E-state index contributed by atoms with van der Waals surface area (Å²) in [6, 6.07) is -0.00454. The standard InChI is InChI=1S/C12H19N3O2/c1-11(2)7-8(12(3,4)17-11)15-10(16)9-13-5-6-14-9/h5-6,8H,7H2,1-4H3,(H,13,14)(H,15,16). The van der Waals surface area contributed by atoms with Crippen LogP contribution >= 0.6 is 0 Å². The third-order valence-electron chi connectivity index (χ3n) is 3.09. The zero-order valence-electron chi connectivity index (χ0n) is 10.7. The number of nitrogens with zero attached hydrogens (tertiary/aromatic N) is 1. The number of imidazole rings is 1. The molecule has 0 spiro atoms. The van der Waals surface area contributed by atoms with Crippen LogP contribution in [0.2, 0.25) is 0 Å². The molecule has 5 heteroatoms. The van der Waals surface area contributed by atoms with E-state index >= 15 is 0 Å². The molecule has 94 valence electrons. The van der Waals surface area contributed by atoms with Crippen LogP contribution < -0.4 is 5.32 Å². The monoisotopic (exact) mass is 237 g/mol. The summed E-state index contributed by atoms with van der Waals surface area (Å²) in [5.74, 6) is 0.153. The van der Waals surface area contributed by atoms with Gasteiger partial charge in [-0.1, -0.05) is 0 Å². The maximum absolute atomic E-state index is 11.9. The second-order valence-electron chi connectivity index (χ2n) is 5.63. The highest BCUT2D eigenvalue weighted by atomic mass is 16.5. The van der Waals surface area contributed by atoms with Crippen LogP contribution in [0.15, 0.2) is 12.4 Å². The number of aromatic nitrogens is 2. The Kier molecular flexibility index (Phi) is 2.73. The molecule has 1 aliphatic heterocycles. The molecule has 0 saturated carbocycles. The highest BCUT2D eigenvalue weighted by molar-refractivity contribution is 5.90. The molecule has 1 aromatic heterocycles. The zero-order chi connectivity index (χ0) is 12.7. The summed E-state index contributed by atoms with van der Waals surface area (Å²) < 4.78 is 5.92. The van der Waals surface area contributed by atoms with Crippen molar-refractivity contribution >= 4 is 5.91 Å². The van der Waals surface area contributed by atoms with Gasteiger partial charge in [-0.2, -0.15) is 0 Å². The van der Waals surface area contributed by atoms with E-state index in [1.807, 2.05) is 27.7 Å². The number of H-pyrrole nitrogens is 1. The molecule has 0 bridgehead atoms. The van der Waals surface area contributed by atoms with Gasteiger partial charge in [0.2, 0.25) is 0 Å². The van der Waals surface area contributed by atoms with E-state index in [1.165, 1.54) is 0 Å². The minimum absolute atomic E-state index is 0.00454. The fourth-order valence-corrected chi connectivity index (χ4v) is 2.40.